The molecule has 4 fully saturated rings. The van der Waals surface area contributed by atoms with Crippen LogP contribution in [0.3, 0.4) is 0 Å². The summed E-state index contributed by atoms with van der Waals surface area (Å²) in [6.45, 7) is 2.75. The van der Waals surface area contributed by atoms with Crippen molar-refractivity contribution < 1.29 is 42.7 Å². The van der Waals surface area contributed by atoms with Gasteiger partial charge in [-0.05, 0) is 98.9 Å². The molecule has 0 saturated carbocycles. The van der Waals surface area contributed by atoms with Gasteiger partial charge in [-0.15, -0.1) is 0 Å². The second-order valence-corrected chi connectivity index (χ2v) is 12.1. The van der Waals surface area contributed by atoms with Crippen LogP contribution in [0.25, 0.3) is 12.2 Å². The van der Waals surface area contributed by atoms with E-state index in [-0.39, 0.29) is 30.9 Å². The molecule has 4 unspecified atom stereocenters. The highest BCUT2D eigenvalue weighted by Gasteiger charge is 2.23. The van der Waals surface area contributed by atoms with Crippen molar-refractivity contribution in [3.8, 4) is 23.0 Å². The van der Waals surface area contributed by atoms with Gasteiger partial charge in [0, 0.05) is 25.7 Å². The van der Waals surface area contributed by atoms with Crippen LogP contribution >= 0.6 is 0 Å². The summed E-state index contributed by atoms with van der Waals surface area (Å²) in [4.78, 5) is 12.9. The Bertz CT molecular complexity index is 1210. The Balaban J connectivity index is 1.12. The van der Waals surface area contributed by atoms with Gasteiger partial charge in [-0.3, -0.25) is 4.79 Å². The van der Waals surface area contributed by atoms with E-state index in [0.29, 0.717) is 49.4 Å². The number of carbonyl (C=O) groups excluding carboxylic acids is 1. The van der Waals surface area contributed by atoms with Crippen molar-refractivity contribution in [2.24, 2.45) is 0 Å². The molecule has 4 heterocycles. The second kappa shape index (κ2) is 17.0. The van der Waals surface area contributed by atoms with Crippen molar-refractivity contribution in [2.75, 3.05) is 26.4 Å². The van der Waals surface area contributed by atoms with Crippen LogP contribution in [0.5, 0.6) is 23.0 Å². The Morgan fingerprint density at radius 3 is 1.17 bits per heavy atom. The zero-order valence-corrected chi connectivity index (χ0v) is 26.6. The molecule has 0 amide bonds. The van der Waals surface area contributed by atoms with E-state index < -0.39 is 0 Å². The minimum atomic E-state index is -0.322. The van der Waals surface area contributed by atoms with Crippen LogP contribution in [0, 0.1) is 0 Å². The van der Waals surface area contributed by atoms with Gasteiger partial charge < -0.3 is 37.9 Å². The lowest BCUT2D eigenvalue weighted by Gasteiger charge is -2.27. The molecule has 0 N–H and O–H groups in total. The van der Waals surface area contributed by atoms with Crippen LogP contribution < -0.4 is 18.9 Å². The maximum absolute atomic E-state index is 12.9. The van der Waals surface area contributed by atoms with E-state index in [2.05, 4.69) is 0 Å². The van der Waals surface area contributed by atoms with E-state index in [9.17, 15) is 4.79 Å². The second-order valence-electron chi connectivity index (χ2n) is 12.1. The summed E-state index contributed by atoms with van der Waals surface area (Å²) in [6, 6.07) is 11.3. The van der Waals surface area contributed by atoms with E-state index in [1.54, 1.807) is 24.3 Å². The molecule has 0 aliphatic carbocycles. The zero-order chi connectivity index (χ0) is 31.4. The molecule has 2 aromatic carbocycles. The summed E-state index contributed by atoms with van der Waals surface area (Å²) in [5.74, 6) is 2.25. The summed E-state index contributed by atoms with van der Waals surface area (Å²) in [5, 5.41) is 0. The van der Waals surface area contributed by atoms with Crippen molar-refractivity contribution in [3.63, 3.8) is 0 Å². The van der Waals surface area contributed by atoms with Crippen molar-refractivity contribution in [1.82, 2.24) is 0 Å². The van der Waals surface area contributed by atoms with Crippen molar-refractivity contribution in [3.05, 3.63) is 59.7 Å². The average Bonchev–Trinajstić information content (AvgIpc) is 3.10. The Labute approximate surface area is 271 Å². The van der Waals surface area contributed by atoms with Crippen molar-refractivity contribution in [1.29, 1.82) is 0 Å². The highest BCUT2D eigenvalue weighted by Crippen LogP contribution is 2.35. The topological polar surface area (TPSA) is 90.9 Å². The van der Waals surface area contributed by atoms with E-state index in [1.807, 2.05) is 36.4 Å². The van der Waals surface area contributed by atoms with Gasteiger partial charge in [-0.25, -0.2) is 0 Å². The lowest BCUT2D eigenvalue weighted by atomic mass is 10.1. The fourth-order valence-corrected chi connectivity index (χ4v) is 5.83. The van der Waals surface area contributed by atoms with Crippen LogP contribution in [0.1, 0.15) is 88.2 Å². The van der Waals surface area contributed by atoms with Crippen LogP contribution in [0.4, 0.5) is 0 Å². The van der Waals surface area contributed by atoms with Gasteiger partial charge in [0.2, 0.25) is 0 Å². The van der Waals surface area contributed by atoms with Crippen LogP contribution in [-0.4, -0.2) is 57.4 Å². The number of carbonyl (C=O) groups is 1. The standard InChI is InChI=1S/C37H46O9/c38-29(17-13-27-15-19-30(43-34-9-1-5-21-39-34)32(25-27)45-36-11-3-7-23-41-36)18-14-28-16-20-31(44-35-10-2-6-22-40-35)33(26-28)46-37-12-4-8-24-42-37/h13-20,25-26,34-37H,1-12,21-24H2/b17-13+,18-14+. The Morgan fingerprint density at radius 1 is 0.500 bits per heavy atom. The molecule has 248 valence electrons. The summed E-state index contributed by atoms with van der Waals surface area (Å²) in [5.41, 5.74) is 1.64. The average molecular weight is 635 g/mol. The first-order chi connectivity index (χ1) is 22.7. The number of rotatable bonds is 12. The summed E-state index contributed by atoms with van der Waals surface area (Å²) < 4.78 is 48.0. The van der Waals surface area contributed by atoms with Crippen molar-refractivity contribution >= 4 is 17.9 Å². The molecule has 4 atom stereocenters. The number of benzene rings is 2. The van der Waals surface area contributed by atoms with Crippen molar-refractivity contribution in [2.45, 2.75) is 102 Å². The van der Waals surface area contributed by atoms with Gasteiger partial charge in [0.05, 0.1) is 26.4 Å². The van der Waals surface area contributed by atoms with Crippen LogP contribution in [0.2, 0.25) is 0 Å². The minimum absolute atomic E-state index is 0.150. The van der Waals surface area contributed by atoms with E-state index in [4.69, 9.17) is 37.9 Å². The highest BCUT2D eigenvalue weighted by molar-refractivity contribution is 6.04. The van der Waals surface area contributed by atoms with Crippen LogP contribution in [-0.2, 0) is 23.7 Å². The molecule has 9 nitrogen and oxygen atoms in total. The minimum Gasteiger partial charge on any atom is -0.461 e. The van der Waals surface area contributed by atoms with Gasteiger partial charge in [0.1, 0.15) is 0 Å². The maximum Gasteiger partial charge on any atom is 0.200 e. The fraction of sp³-hybridized carbons (Fsp3) is 0.541. The smallest absolute Gasteiger partial charge is 0.200 e. The molecule has 4 aliphatic rings. The maximum atomic E-state index is 12.9. The molecule has 6 rings (SSSR count). The summed E-state index contributed by atoms with van der Waals surface area (Å²) in [6.07, 6.45) is 17.2. The summed E-state index contributed by atoms with van der Waals surface area (Å²) >= 11 is 0. The first kappa shape index (κ1) is 32.6. The molecule has 2 aromatic rings. The lowest BCUT2D eigenvalue weighted by molar-refractivity contribution is -0.119. The number of hydrogen-bond acceptors (Lipinski definition) is 9. The molecule has 4 aliphatic heterocycles. The van der Waals surface area contributed by atoms with Gasteiger partial charge in [0.15, 0.2) is 53.9 Å². The molecule has 0 radical (unpaired) electrons. The normalized spacial score (nSPS) is 25.7. The van der Waals surface area contributed by atoms with E-state index >= 15 is 0 Å². The fourth-order valence-electron chi connectivity index (χ4n) is 5.83. The van der Waals surface area contributed by atoms with E-state index in [0.717, 1.165) is 88.2 Å². The van der Waals surface area contributed by atoms with Gasteiger partial charge >= 0.3 is 0 Å². The molecule has 0 aromatic heterocycles. The van der Waals surface area contributed by atoms with Gasteiger partial charge in [0.25, 0.3) is 0 Å². The monoisotopic (exact) mass is 634 g/mol. The third-order valence-electron chi connectivity index (χ3n) is 8.40. The molecule has 0 bridgehead atoms. The number of ketones is 1. The van der Waals surface area contributed by atoms with E-state index in [1.165, 1.54) is 0 Å². The summed E-state index contributed by atoms with van der Waals surface area (Å²) in [7, 11) is 0. The Kier molecular flexibility index (Phi) is 12.0. The quantitative estimate of drug-likeness (QED) is 0.219. The molecule has 4 saturated heterocycles. The molecule has 46 heavy (non-hydrogen) atoms. The predicted octanol–water partition coefficient (Wildman–Crippen LogP) is 7.60. The zero-order valence-electron chi connectivity index (χ0n) is 26.6. The van der Waals surface area contributed by atoms with Gasteiger partial charge in [-0.2, -0.15) is 0 Å². The molecular weight excluding hydrogens is 588 g/mol. The predicted molar refractivity (Wildman–Crippen MR) is 173 cm³/mol. The molecule has 9 heteroatoms. The van der Waals surface area contributed by atoms with Crippen LogP contribution in [0.15, 0.2) is 48.6 Å². The first-order valence-electron chi connectivity index (χ1n) is 17.0. The SMILES string of the molecule is O=C(/C=C/c1ccc(OC2CCCCO2)c(OC2CCCCO2)c1)/C=C/c1ccc(OC2CCCCO2)c(OC2CCCCO2)c1. The Hall–Kier alpha value is -3.37. The van der Waals surface area contributed by atoms with Gasteiger partial charge in [-0.1, -0.05) is 24.3 Å². The Morgan fingerprint density at radius 2 is 0.848 bits per heavy atom. The third-order valence-corrected chi connectivity index (χ3v) is 8.40. The third kappa shape index (κ3) is 9.82. The number of ether oxygens (including phenoxy) is 8. The largest absolute Gasteiger partial charge is 0.461 e. The molecular formula is C37H46O9. The molecule has 0 spiro atoms. The highest BCUT2D eigenvalue weighted by atomic mass is 16.7. The first-order valence-corrected chi connectivity index (χ1v) is 17.0. The number of hydrogen-bond donors (Lipinski definition) is 0. The lowest BCUT2D eigenvalue weighted by Crippen LogP contribution is -2.27. The number of allylic oxidation sites excluding steroid dienone is 2.